The van der Waals surface area contributed by atoms with Crippen LogP contribution in [0.25, 0.3) is 10.2 Å². The van der Waals surface area contributed by atoms with Crippen LogP contribution in [0.3, 0.4) is 0 Å². The Kier molecular flexibility index (Phi) is 4.23. The van der Waals surface area contributed by atoms with Crippen molar-refractivity contribution in [2.75, 3.05) is 17.6 Å². The number of benzene rings is 2. The first-order valence-electron chi connectivity index (χ1n) is 6.60. The van der Waals surface area contributed by atoms with Crippen LogP contribution in [0.5, 0.6) is 0 Å². The van der Waals surface area contributed by atoms with Crippen molar-refractivity contribution < 1.29 is 0 Å². The molecule has 0 amide bonds. The van der Waals surface area contributed by atoms with E-state index in [0.717, 1.165) is 22.2 Å². The predicted octanol–water partition coefficient (Wildman–Crippen LogP) is 4.81. The van der Waals surface area contributed by atoms with Crippen LogP contribution in [0.1, 0.15) is 5.56 Å². The van der Waals surface area contributed by atoms with Gasteiger partial charge in [-0.2, -0.15) is 0 Å². The molecule has 0 fully saturated rings. The molecule has 0 spiro atoms. The van der Waals surface area contributed by atoms with Crippen LogP contribution in [0.2, 0.25) is 0 Å². The van der Waals surface area contributed by atoms with Gasteiger partial charge in [0, 0.05) is 18.0 Å². The number of rotatable bonds is 5. The molecule has 4 heteroatoms. The lowest BCUT2D eigenvalue weighted by atomic mass is 10.2. The Morgan fingerprint density at radius 2 is 1.90 bits per heavy atom. The van der Waals surface area contributed by atoms with Gasteiger partial charge in [-0.1, -0.05) is 41.6 Å². The highest BCUT2D eigenvalue weighted by Crippen LogP contribution is 2.29. The van der Waals surface area contributed by atoms with E-state index in [1.807, 2.05) is 17.8 Å². The number of fused-ring (bicyclic) bond motifs is 1. The minimum absolute atomic E-state index is 0.948. The number of nitrogens with zero attached hydrogens (tertiary/aromatic N) is 1. The Labute approximate surface area is 127 Å². The first-order valence-corrected chi connectivity index (χ1v) is 8.40. The van der Waals surface area contributed by atoms with Crippen LogP contribution in [-0.2, 0) is 0 Å². The Bertz CT molecular complexity index is 656. The number of hydrogen-bond donors (Lipinski definition) is 1. The van der Waals surface area contributed by atoms with E-state index in [4.69, 9.17) is 0 Å². The lowest BCUT2D eigenvalue weighted by Crippen LogP contribution is -2.03. The van der Waals surface area contributed by atoms with Crippen LogP contribution in [0.4, 0.5) is 5.69 Å². The molecule has 0 aliphatic rings. The molecule has 0 unspecified atom stereocenters. The highest BCUT2D eigenvalue weighted by molar-refractivity contribution is 8.01. The maximum atomic E-state index is 4.62. The second-order valence-corrected chi connectivity index (χ2v) is 6.96. The molecule has 0 radical (unpaired) electrons. The second kappa shape index (κ2) is 6.29. The van der Waals surface area contributed by atoms with Crippen LogP contribution in [-0.4, -0.2) is 17.3 Å². The quantitative estimate of drug-likeness (QED) is 0.541. The molecule has 2 aromatic carbocycles. The molecule has 1 N–H and O–H groups in total. The lowest BCUT2D eigenvalue weighted by molar-refractivity contribution is 1.21. The second-order valence-electron chi connectivity index (χ2n) is 4.59. The number of aryl methyl sites for hydroxylation is 1. The van der Waals surface area contributed by atoms with Gasteiger partial charge in [-0.05, 0) is 31.2 Å². The summed E-state index contributed by atoms with van der Waals surface area (Å²) in [5.41, 5.74) is 3.58. The maximum Gasteiger partial charge on any atom is 0.151 e. The molecular formula is C16H16N2S2. The van der Waals surface area contributed by atoms with Crippen molar-refractivity contribution in [3.05, 3.63) is 54.1 Å². The van der Waals surface area contributed by atoms with E-state index in [-0.39, 0.29) is 0 Å². The lowest BCUT2D eigenvalue weighted by Gasteiger charge is -2.05. The van der Waals surface area contributed by atoms with Crippen molar-refractivity contribution in [2.24, 2.45) is 0 Å². The van der Waals surface area contributed by atoms with Crippen molar-refractivity contribution >= 4 is 39.0 Å². The summed E-state index contributed by atoms with van der Waals surface area (Å²) in [5, 5.41) is 3.43. The molecule has 3 rings (SSSR count). The standard InChI is InChI=1S/C16H16N2S2/c1-12-6-8-13(9-7-12)17-10-11-19-16-18-14-4-2-3-5-15(14)20-16/h2-9,17H,10-11H2,1H3. The van der Waals surface area contributed by atoms with Crippen molar-refractivity contribution in [1.82, 2.24) is 4.98 Å². The van der Waals surface area contributed by atoms with Gasteiger partial charge >= 0.3 is 0 Å². The molecule has 0 bridgehead atoms. The van der Waals surface area contributed by atoms with Gasteiger partial charge in [-0.25, -0.2) is 4.98 Å². The summed E-state index contributed by atoms with van der Waals surface area (Å²) in [7, 11) is 0. The van der Waals surface area contributed by atoms with Gasteiger partial charge in [0.15, 0.2) is 4.34 Å². The van der Waals surface area contributed by atoms with E-state index in [0.29, 0.717) is 0 Å². The van der Waals surface area contributed by atoms with Gasteiger partial charge in [0.05, 0.1) is 10.2 Å². The highest BCUT2D eigenvalue weighted by atomic mass is 32.2. The molecule has 0 aliphatic carbocycles. The highest BCUT2D eigenvalue weighted by Gasteiger charge is 2.03. The van der Waals surface area contributed by atoms with Gasteiger partial charge in [-0.15, -0.1) is 11.3 Å². The molecule has 1 heterocycles. The SMILES string of the molecule is Cc1ccc(NCCSc2nc3ccccc3s2)cc1. The first kappa shape index (κ1) is 13.5. The Morgan fingerprint density at radius 3 is 2.70 bits per heavy atom. The van der Waals surface area contributed by atoms with E-state index in [9.17, 15) is 0 Å². The molecule has 0 saturated carbocycles. The number of aromatic nitrogens is 1. The molecule has 1 aromatic heterocycles. The Balaban J connectivity index is 1.51. The van der Waals surface area contributed by atoms with Crippen molar-refractivity contribution in [2.45, 2.75) is 11.3 Å². The number of para-hydroxylation sites is 1. The summed E-state index contributed by atoms with van der Waals surface area (Å²) in [6, 6.07) is 16.8. The largest absolute Gasteiger partial charge is 0.384 e. The van der Waals surface area contributed by atoms with Crippen LogP contribution >= 0.6 is 23.1 Å². The molecule has 3 aromatic rings. The van der Waals surface area contributed by atoms with E-state index in [1.165, 1.54) is 16.0 Å². The summed E-state index contributed by atoms with van der Waals surface area (Å²) in [6.07, 6.45) is 0. The molecule has 0 atom stereocenters. The molecule has 0 saturated heterocycles. The van der Waals surface area contributed by atoms with Crippen LogP contribution in [0.15, 0.2) is 52.9 Å². The Hall–Kier alpha value is -1.52. The summed E-state index contributed by atoms with van der Waals surface area (Å²) in [5.74, 6) is 1.02. The van der Waals surface area contributed by atoms with Gasteiger partial charge < -0.3 is 5.32 Å². The minimum atomic E-state index is 0.948. The number of anilines is 1. The number of thioether (sulfide) groups is 1. The van der Waals surface area contributed by atoms with Gasteiger partial charge in [0.2, 0.25) is 0 Å². The molecule has 102 valence electrons. The summed E-state index contributed by atoms with van der Waals surface area (Å²) in [6.45, 7) is 3.05. The maximum absolute atomic E-state index is 4.62. The smallest absolute Gasteiger partial charge is 0.151 e. The minimum Gasteiger partial charge on any atom is -0.384 e. The van der Waals surface area contributed by atoms with E-state index in [1.54, 1.807) is 11.3 Å². The zero-order valence-corrected chi connectivity index (χ0v) is 12.9. The van der Waals surface area contributed by atoms with E-state index >= 15 is 0 Å². The normalized spacial score (nSPS) is 10.8. The number of thiazole rings is 1. The first-order chi connectivity index (χ1) is 9.81. The zero-order chi connectivity index (χ0) is 13.8. The molecule has 0 aliphatic heterocycles. The summed E-state index contributed by atoms with van der Waals surface area (Å²) in [4.78, 5) is 4.62. The van der Waals surface area contributed by atoms with Crippen molar-refractivity contribution in [3.8, 4) is 0 Å². The van der Waals surface area contributed by atoms with Crippen LogP contribution < -0.4 is 5.32 Å². The molecule has 2 nitrogen and oxygen atoms in total. The van der Waals surface area contributed by atoms with E-state index in [2.05, 4.69) is 59.7 Å². The third-order valence-electron chi connectivity index (χ3n) is 2.98. The van der Waals surface area contributed by atoms with E-state index < -0.39 is 0 Å². The van der Waals surface area contributed by atoms with Gasteiger partial charge in [-0.3, -0.25) is 0 Å². The van der Waals surface area contributed by atoms with Gasteiger partial charge in [0.1, 0.15) is 0 Å². The topological polar surface area (TPSA) is 24.9 Å². The molecule has 20 heavy (non-hydrogen) atoms. The molecular weight excluding hydrogens is 284 g/mol. The predicted molar refractivity (Wildman–Crippen MR) is 90.0 cm³/mol. The fraction of sp³-hybridized carbons (Fsp3) is 0.188. The fourth-order valence-corrected chi connectivity index (χ4v) is 3.91. The average molecular weight is 300 g/mol. The Morgan fingerprint density at radius 1 is 1.10 bits per heavy atom. The average Bonchev–Trinajstić information content (AvgIpc) is 2.88. The van der Waals surface area contributed by atoms with Crippen LogP contribution in [0, 0.1) is 6.92 Å². The number of hydrogen-bond acceptors (Lipinski definition) is 4. The zero-order valence-electron chi connectivity index (χ0n) is 11.3. The monoisotopic (exact) mass is 300 g/mol. The summed E-state index contributed by atoms with van der Waals surface area (Å²) < 4.78 is 2.42. The number of nitrogens with one attached hydrogen (secondary N) is 1. The third kappa shape index (κ3) is 3.32. The van der Waals surface area contributed by atoms with Crippen molar-refractivity contribution in [3.63, 3.8) is 0 Å². The van der Waals surface area contributed by atoms with Gasteiger partial charge in [0.25, 0.3) is 0 Å². The fourth-order valence-electron chi connectivity index (χ4n) is 1.92. The summed E-state index contributed by atoms with van der Waals surface area (Å²) >= 11 is 3.58. The van der Waals surface area contributed by atoms with Crippen molar-refractivity contribution in [1.29, 1.82) is 0 Å². The third-order valence-corrected chi connectivity index (χ3v) is 5.16.